The van der Waals surface area contributed by atoms with E-state index in [9.17, 15) is 0 Å². The van der Waals surface area contributed by atoms with Crippen LogP contribution in [0.2, 0.25) is 0 Å². The van der Waals surface area contributed by atoms with Gasteiger partial charge in [0.1, 0.15) is 5.75 Å². The first-order valence-electron chi connectivity index (χ1n) is 10.1. The highest BCUT2D eigenvalue weighted by molar-refractivity contribution is 5.79. The van der Waals surface area contributed by atoms with Gasteiger partial charge in [0.15, 0.2) is 5.96 Å². The molecule has 0 spiro atoms. The van der Waals surface area contributed by atoms with Gasteiger partial charge in [0.05, 0.1) is 12.8 Å². The molecule has 0 radical (unpaired) electrons. The number of nitrogens with zero attached hydrogens (tertiary/aromatic N) is 3. The largest absolute Gasteiger partial charge is 0.493 e. The summed E-state index contributed by atoms with van der Waals surface area (Å²) in [5, 5.41) is 11.0. The second-order valence-electron chi connectivity index (χ2n) is 7.62. The van der Waals surface area contributed by atoms with Gasteiger partial charge >= 0.3 is 0 Å². The van der Waals surface area contributed by atoms with Crippen molar-refractivity contribution in [3.8, 4) is 5.75 Å². The number of hydrogen-bond donors (Lipinski definition) is 2. The quantitative estimate of drug-likeness (QED) is 0.374. The molecule has 6 heteroatoms. The maximum atomic E-state index is 6.04. The molecule has 1 aromatic heterocycles. The molecular weight excluding hydrogens is 350 g/mol. The molecule has 6 nitrogen and oxygen atoms in total. The number of aryl methyl sites for hydroxylation is 3. The van der Waals surface area contributed by atoms with Gasteiger partial charge in [-0.15, -0.1) is 0 Å². The second-order valence-corrected chi connectivity index (χ2v) is 7.62. The van der Waals surface area contributed by atoms with Crippen LogP contribution >= 0.6 is 0 Å². The molecule has 0 aliphatic heterocycles. The number of aromatic nitrogens is 2. The van der Waals surface area contributed by atoms with E-state index in [0.29, 0.717) is 12.5 Å². The maximum Gasteiger partial charge on any atom is 0.191 e. The van der Waals surface area contributed by atoms with Crippen LogP contribution in [0.3, 0.4) is 0 Å². The van der Waals surface area contributed by atoms with Crippen LogP contribution in [0.25, 0.3) is 0 Å². The molecule has 28 heavy (non-hydrogen) atoms. The van der Waals surface area contributed by atoms with Crippen LogP contribution in [0, 0.1) is 12.8 Å². The van der Waals surface area contributed by atoms with Crippen molar-refractivity contribution >= 4 is 5.96 Å². The van der Waals surface area contributed by atoms with E-state index in [0.717, 1.165) is 49.7 Å². The Morgan fingerprint density at radius 1 is 1.29 bits per heavy atom. The van der Waals surface area contributed by atoms with Crippen molar-refractivity contribution in [1.82, 2.24) is 20.4 Å². The maximum absolute atomic E-state index is 6.04. The average molecular weight is 386 g/mol. The molecule has 2 N–H and O–H groups in total. The zero-order chi connectivity index (χ0) is 20.4. The highest BCUT2D eigenvalue weighted by atomic mass is 16.5. The summed E-state index contributed by atoms with van der Waals surface area (Å²) < 4.78 is 7.87. The predicted octanol–water partition coefficient (Wildman–Crippen LogP) is 3.45. The van der Waals surface area contributed by atoms with E-state index in [1.807, 2.05) is 17.9 Å². The fourth-order valence-electron chi connectivity index (χ4n) is 2.85. The van der Waals surface area contributed by atoms with Crippen LogP contribution in [0.1, 0.15) is 43.4 Å². The summed E-state index contributed by atoms with van der Waals surface area (Å²) in [5.74, 6) is 2.40. The van der Waals surface area contributed by atoms with Gasteiger partial charge in [-0.2, -0.15) is 5.10 Å². The molecule has 0 unspecified atom stereocenters. The Bertz CT molecular complexity index is 751. The van der Waals surface area contributed by atoms with Crippen molar-refractivity contribution in [2.24, 2.45) is 18.0 Å². The summed E-state index contributed by atoms with van der Waals surface area (Å²) in [4.78, 5) is 4.32. The first kappa shape index (κ1) is 21.8. The van der Waals surface area contributed by atoms with Crippen molar-refractivity contribution in [3.05, 3.63) is 47.3 Å². The summed E-state index contributed by atoms with van der Waals surface area (Å²) in [6.45, 7) is 8.81. The minimum atomic E-state index is 0.640. The standard InChI is InChI=1S/C22H35N5O/c1-17(2)10-12-28-21-13-18(3)8-9-20(21)15-25-22(23-4)24-11-6-7-19-14-26-27(5)16-19/h8-9,13-14,16-17H,6-7,10-12,15H2,1-5H3,(H2,23,24,25). The van der Waals surface area contributed by atoms with Crippen LogP contribution in [-0.4, -0.2) is 35.9 Å². The molecule has 2 aromatic rings. The van der Waals surface area contributed by atoms with E-state index >= 15 is 0 Å². The molecule has 0 saturated heterocycles. The summed E-state index contributed by atoms with van der Waals surface area (Å²) in [6, 6.07) is 6.36. The van der Waals surface area contributed by atoms with E-state index < -0.39 is 0 Å². The van der Waals surface area contributed by atoms with Gasteiger partial charge in [0.25, 0.3) is 0 Å². The van der Waals surface area contributed by atoms with Gasteiger partial charge in [-0.1, -0.05) is 26.0 Å². The number of ether oxygens (including phenoxy) is 1. The Hall–Kier alpha value is -2.50. The van der Waals surface area contributed by atoms with Crippen molar-refractivity contribution in [3.63, 3.8) is 0 Å². The number of benzene rings is 1. The van der Waals surface area contributed by atoms with Crippen molar-refractivity contribution < 1.29 is 4.74 Å². The van der Waals surface area contributed by atoms with Crippen LogP contribution in [-0.2, 0) is 20.0 Å². The minimum Gasteiger partial charge on any atom is -0.493 e. The predicted molar refractivity (Wildman–Crippen MR) is 116 cm³/mol. The molecule has 0 fully saturated rings. The molecule has 0 aliphatic carbocycles. The highest BCUT2D eigenvalue weighted by Gasteiger charge is 2.07. The third-order valence-corrected chi connectivity index (χ3v) is 4.54. The fraction of sp³-hybridized carbons (Fsp3) is 0.545. The molecule has 2 rings (SSSR count). The van der Waals surface area contributed by atoms with Crippen molar-refractivity contribution in [2.45, 2.75) is 46.6 Å². The third kappa shape index (κ3) is 7.62. The summed E-state index contributed by atoms with van der Waals surface area (Å²) in [6.07, 6.45) is 7.07. The van der Waals surface area contributed by atoms with Crippen molar-refractivity contribution in [1.29, 1.82) is 0 Å². The van der Waals surface area contributed by atoms with Crippen molar-refractivity contribution in [2.75, 3.05) is 20.2 Å². The lowest BCUT2D eigenvalue weighted by Gasteiger charge is -2.16. The molecule has 154 valence electrons. The first-order chi connectivity index (χ1) is 13.5. The summed E-state index contributed by atoms with van der Waals surface area (Å²) >= 11 is 0. The second kappa shape index (κ2) is 11.4. The van der Waals surface area contributed by atoms with E-state index in [-0.39, 0.29) is 0 Å². The van der Waals surface area contributed by atoms with Gasteiger partial charge in [0, 0.05) is 38.9 Å². The van der Waals surface area contributed by atoms with E-state index in [4.69, 9.17) is 4.74 Å². The lowest BCUT2D eigenvalue weighted by atomic mass is 10.1. The normalized spacial score (nSPS) is 11.7. The van der Waals surface area contributed by atoms with Gasteiger partial charge in [-0.3, -0.25) is 9.67 Å². The molecule has 1 heterocycles. The molecule has 0 aliphatic rings. The average Bonchev–Trinajstić information content (AvgIpc) is 3.07. The summed E-state index contributed by atoms with van der Waals surface area (Å²) in [5.41, 5.74) is 3.61. The lowest BCUT2D eigenvalue weighted by molar-refractivity contribution is 0.286. The van der Waals surface area contributed by atoms with Crippen LogP contribution in [0.4, 0.5) is 0 Å². The summed E-state index contributed by atoms with van der Waals surface area (Å²) in [7, 11) is 3.74. The zero-order valence-electron chi connectivity index (χ0n) is 18.0. The topological polar surface area (TPSA) is 63.5 Å². The van der Waals surface area contributed by atoms with E-state index in [1.54, 1.807) is 7.05 Å². The van der Waals surface area contributed by atoms with Gasteiger partial charge in [0.2, 0.25) is 0 Å². The molecule has 1 aromatic carbocycles. The molecule has 0 atom stereocenters. The third-order valence-electron chi connectivity index (χ3n) is 4.54. The Kier molecular flexibility index (Phi) is 8.85. The number of nitrogens with one attached hydrogen (secondary N) is 2. The van der Waals surface area contributed by atoms with Gasteiger partial charge in [-0.25, -0.2) is 0 Å². The Labute approximate surface area is 169 Å². The SMILES string of the molecule is CN=C(NCCCc1cnn(C)c1)NCc1ccc(C)cc1OCCC(C)C. The fourth-order valence-corrected chi connectivity index (χ4v) is 2.85. The Balaban J connectivity index is 1.80. The van der Waals surface area contributed by atoms with Crippen LogP contribution in [0.15, 0.2) is 35.6 Å². The monoisotopic (exact) mass is 385 g/mol. The number of rotatable bonds is 10. The van der Waals surface area contributed by atoms with Crippen LogP contribution in [0.5, 0.6) is 5.75 Å². The molecule has 0 amide bonds. The Morgan fingerprint density at radius 3 is 2.79 bits per heavy atom. The first-order valence-corrected chi connectivity index (χ1v) is 10.1. The smallest absolute Gasteiger partial charge is 0.191 e. The molecule has 0 saturated carbocycles. The van der Waals surface area contributed by atoms with Gasteiger partial charge in [-0.05, 0) is 49.3 Å². The number of guanidine groups is 1. The Morgan fingerprint density at radius 2 is 2.11 bits per heavy atom. The number of hydrogen-bond acceptors (Lipinski definition) is 3. The van der Waals surface area contributed by atoms with E-state index in [1.165, 1.54) is 11.1 Å². The minimum absolute atomic E-state index is 0.640. The highest BCUT2D eigenvalue weighted by Crippen LogP contribution is 2.21. The van der Waals surface area contributed by atoms with E-state index in [2.05, 4.69) is 65.9 Å². The van der Waals surface area contributed by atoms with Crippen LogP contribution < -0.4 is 15.4 Å². The van der Waals surface area contributed by atoms with Gasteiger partial charge < -0.3 is 15.4 Å². The molecule has 0 bridgehead atoms. The lowest BCUT2D eigenvalue weighted by Crippen LogP contribution is -2.37. The number of aliphatic imine (C=N–C) groups is 1. The molecular formula is C22H35N5O. The zero-order valence-corrected chi connectivity index (χ0v) is 18.0.